The van der Waals surface area contributed by atoms with Crippen molar-refractivity contribution in [2.45, 2.75) is 51.3 Å². The van der Waals surface area contributed by atoms with Crippen LogP contribution in [0, 0.1) is 0 Å². The number of nitrogens with zero attached hydrogens (tertiary/aromatic N) is 1. The topological polar surface area (TPSA) is 38.5 Å². The van der Waals surface area contributed by atoms with E-state index in [0.717, 1.165) is 13.0 Å². The maximum absolute atomic E-state index is 5.76. The molecule has 0 aromatic carbocycles. The first kappa shape index (κ1) is 12.0. The number of hydrogen-bond acceptors (Lipinski definition) is 3. The zero-order valence-corrected chi connectivity index (χ0v) is 10.1. The predicted octanol–water partition coefficient (Wildman–Crippen LogP) is 1.22. The first-order valence-corrected chi connectivity index (χ1v) is 5.35. The third-order valence-corrected chi connectivity index (χ3v) is 3.40. The molecule has 1 fully saturated rings. The molecule has 1 heterocycles. The van der Waals surface area contributed by atoms with Crippen LogP contribution in [0.4, 0.5) is 0 Å². The Balaban J connectivity index is 2.59. The Labute approximate surface area is 87.6 Å². The molecule has 1 rings (SSSR count). The number of likely N-dealkylation sites (N-methyl/N-ethyl adjacent to an activating group) is 1. The van der Waals surface area contributed by atoms with Crippen molar-refractivity contribution in [3.63, 3.8) is 0 Å². The summed E-state index contributed by atoms with van der Waals surface area (Å²) in [6.07, 6.45) is 1.09. The lowest BCUT2D eigenvalue weighted by molar-refractivity contribution is 0.0295. The summed E-state index contributed by atoms with van der Waals surface area (Å²) in [5.41, 5.74) is 5.86. The van der Waals surface area contributed by atoms with Gasteiger partial charge in [0.2, 0.25) is 0 Å². The van der Waals surface area contributed by atoms with Crippen LogP contribution in [0.1, 0.15) is 34.1 Å². The van der Waals surface area contributed by atoms with Crippen LogP contribution < -0.4 is 5.73 Å². The minimum atomic E-state index is 0.0314. The van der Waals surface area contributed by atoms with Crippen LogP contribution in [0.2, 0.25) is 0 Å². The van der Waals surface area contributed by atoms with Crippen LogP contribution in [0.5, 0.6) is 0 Å². The highest BCUT2D eigenvalue weighted by Crippen LogP contribution is 2.30. The van der Waals surface area contributed by atoms with Gasteiger partial charge in [0.25, 0.3) is 0 Å². The van der Waals surface area contributed by atoms with E-state index in [-0.39, 0.29) is 11.1 Å². The van der Waals surface area contributed by atoms with E-state index in [1.807, 2.05) is 0 Å². The summed E-state index contributed by atoms with van der Waals surface area (Å²) >= 11 is 0. The molecule has 0 spiro atoms. The lowest BCUT2D eigenvalue weighted by atomic mass is 9.97. The molecular weight excluding hydrogens is 176 g/mol. The fourth-order valence-electron chi connectivity index (χ4n) is 1.89. The van der Waals surface area contributed by atoms with Crippen LogP contribution in [0.25, 0.3) is 0 Å². The normalized spacial score (nSPS) is 27.2. The van der Waals surface area contributed by atoms with Crippen molar-refractivity contribution in [1.29, 1.82) is 0 Å². The van der Waals surface area contributed by atoms with E-state index in [2.05, 4.69) is 39.6 Å². The minimum Gasteiger partial charge on any atom is -0.374 e. The maximum Gasteiger partial charge on any atom is 0.0643 e. The molecule has 14 heavy (non-hydrogen) atoms. The van der Waals surface area contributed by atoms with Crippen LogP contribution in [0.3, 0.4) is 0 Å². The molecule has 3 nitrogen and oxygen atoms in total. The molecule has 1 aliphatic heterocycles. The van der Waals surface area contributed by atoms with Crippen molar-refractivity contribution in [2.75, 3.05) is 20.2 Å². The Hall–Kier alpha value is -0.120. The Morgan fingerprint density at radius 2 is 2.07 bits per heavy atom. The highest BCUT2D eigenvalue weighted by molar-refractivity contribution is 4.92. The second kappa shape index (κ2) is 3.80. The van der Waals surface area contributed by atoms with E-state index in [0.29, 0.717) is 12.6 Å². The molecule has 0 aliphatic carbocycles. The Morgan fingerprint density at radius 3 is 2.43 bits per heavy atom. The molecule has 3 heteroatoms. The van der Waals surface area contributed by atoms with Gasteiger partial charge < -0.3 is 10.5 Å². The number of rotatable bonds is 3. The van der Waals surface area contributed by atoms with Gasteiger partial charge in [0.05, 0.1) is 12.2 Å². The second-order valence-corrected chi connectivity index (χ2v) is 5.56. The van der Waals surface area contributed by atoms with E-state index in [9.17, 15) is 0 Å². The molecule has 1 saturated heterocycles. The van der Waals surface area contributed by atoms with E-state index >= 15 is 0 Å². The van der Waals surface area contributed by atoms with Gasteiger partial charge in [-0.15, -0.1) is 0 Å². The Kier molecular flexibility index (Phi) is 3.24. The first-order chi connectivity index (χ1) is 6.28. The molecule has 84 valence electrons. The molecule has 0 aromatic heterocycles. The molecule has 0 saturated carbocycles. The molecule has 0 aromatic rings. The van der Waals surface area contributed by atoms with Crippen molar-refractivity contribution in [2.24, 2.45) is 5.73 Å². The standard InChI is InChI=1S/C11H24N2O/c1-10(2,8-12)13(5)9-6-11(3,4)14-7-9/h9H,6-8,12H2,1-5H3. The Morgan fingerprint density at radius 1 is 1.50 bits per heavy atom. The van der Waals surface area contributed by atoms with Gasteiger partial charge in [-0.3, -0.25) is 4.90 Å². The zero-order chi connectivity index (χ0) is 11.0. The van der Waals surface area contributed by atoms with Crippen molar-refractivity contribution >= 4 is 0 Å². The summed E-state index contributed by atoms with van der Waals surface area (Å²) in [7, 11) is 2.14. The summed E-state index contributed by atoms with van der Waals surface area (Å²) in [6, 6.07) is 0.503. The molecule has 0 amide bonds. The van der Waals surface area contributed by atoms with Gasteiger partial charge in [-0.05, 0) is 41.2 Å². The number of nitrogens with two attached hydrogens (primary N) is 1. The van der Waals surface area contributed by atoms with Crippen molar-refractivity contribution in [1.82, 2.24) is 4.90 Å². The van der Waals surface area contributed by atoms with Crippen molar-refractivity contribution in [3.05, 3.63) is 0 Å². The summed E-state index contributed by atoms with van der Waals surface area (Å²) in [5.74, 6) is 0. The van der Waals surface area contributed by atoms with Crippen molar-refractivity contribution < 1.29 is 4.74 Å². The monoisotopic (exact) mass is 200 g/mol. The Bertz CT molecular complexity index is 201. The van der Waals surface area contributed by atoms with Crippen LogP contribution in [0.15, 0.2) is 0 Å². The fourth-order valence-corrected chi connectivity index (χ4v) is 1.89. The molecular formula is C11H24N2O. The quantitative estimate of drug-likeness (QED) is 0.744. The molecule has 1 aliphatic rings. The van der Waals surface area contributed by atoms with Gasteiger partial charge in [-0.25, -0.2) is 0 Å². The molecule has 1 unspecified atom stereocenters. The van der Waals surface area contributed by atoms with Gasteiger partial charge in [0.15, 0.2) is 0 Å². The van der Waals surface area contributed by atoms with Gasteiger partial charge in [0.1, 0.15) is 0 Å². The van der Waals surface area contributed by atoms with Gasteiger partial charge >= 0.3 is 0 Å². The number of ether oxygens (including phenoxy) is 1. The summed E-state index contributed by atoms with van der Waals surface area (Å²) < 4.78 is 5.73. The van der Waals surface area contributed by atoms with Crippen LogP contribution in [-0.4, -0.2) is 42.3 Å². The molecule has 0 radical (unpaired) electrons. The molecule has 1 atom stereocenters. The lowest BCUT2D eigenvalue weighted by Gasteiger charge is -2.38. The van der Waals surface area contributed by atoms with E-state index in [1.165, 1.54) is 0 Å². The highest BCUT2D eigenvalue weighted by atomic mass is 16.5. The third-order valence-electron chi connectivity index (χ3n) is 3.40. The smallest absolute Gasteiger partial charge is 0.0643 e. The highest BCUT2D eigenvalue weighted by Gasteiger charge is 2.38. The summed E-state index contributed by atoms with van der Waals surface area (Å²) in [6.45, 7) is 10.2. The SMILES string of the molecule is CN(C1COC(C)(C)C1)C(C)(C)CN. The third kappa shape index (κ3) is 2.47. The molecule has 2 N–H and O–H groups in total. The van der Waals surface area contributed by atoms with E-state index < -0.39 is 0 Å². The van der Waals surface area contributed by atoms with E-state index in [1.54, 1.807) is 0 Å². The van der Waals surface area contributed by atoms with Crippen LogP contribution >= 0.6 is 0 Å². The first-order valence-electron chi connectivity index (χ1n) is 5.35. The largest absolute Gasteiger partial charge is 0.374 e. The average Bonchev–Trinajstić information content (AvgIpc) is 2.44. The van der Waals surface area contributed by atoms with Gasteiger partial charge in [-0.1, -0.05) is 0 Å². The molecule has 0 bridgehead atoms. The summed E-state index contributed by atoms with van der Waals surface area (Å²) in [5, 5.41) is 0. The zero-order valence-electron chi connectivity index (χ0n) is 10.1. The van der Waals surface area contributed by atoms with Crippen LogP contribution in [-0.2, 0) is 4.74 Å². The van der Waals surface area contributed by atoms with Gasteiger partial charge in [0, 0.05) is 18.1 Å². The fraction of sp³-hybridized carbons (Fsp3) is 1.00. The van der Waals surface area contributed by atoms with Gasteiger partial charge in [-0.2, -0.15) is 0 Å². The van der Waals surface area contributed by atoms with E-state index in [4.69, 9.17) is 10.5 Å². The second-order valence-electron chi connectivity index (χ2n) is 5.56. The maximum atomic E-state index is 5.76. The average molecular weight is 200 g/mol. The van der Waals surface area contributed by atoms with Crippen molar-refractivity contribution in [3.8, 4) is 0 Å². The predicted molar refractivity (Wildman–Crippen MR) is 59.3 cm³/mol. The summed E-state index contributed by atoms with van der Waals surface area (Å²) in [4.78, 5) is 2.35. The minimum absolute atomic E-state index is 0.0314. The number of hydrogen-bond donors (Lipinski definition) is 1. The lowest BCUT2D eigenvalue weighted by Crippen LogP contribution is -2.52.